The number of rotatable bonds is 1. The van der Waals surface area contributed by atoms with Crippen LogP contribution in [0.4, 0.5) is 5.69 Å². The summed E-state index contributed by atoms with van der Waals surface area (Å²) >= 11 is 3.37. The first-order valence-corrected chi connectivity index (χ1v) is 6.67. The Morgan fingerprint density at radius 3 is 2.89 bits per heavy atom. The monoisotopic (exact) mass is 312 g/mol. The highest BCUT2D eigenvalue weighted by Gasteiger charge is 2.31. The molecule has 18 heavy (non-hydrogen) atoms. The van der Waals surface area contributed by atoms with Gasteiger partial charge in [-0.05, 0) is 41.9 Å². The molecule has 2 rings (SSSR count). The quantitative estimate of drug-likeness (QED) is 0.809. The summed E-state index contributed by atoms with van der Waals surface area (Å²) < 4.78 is 6.27. The predicted molar refractivity (Wildman–Crippen MR) is 74.5 cm³/mol. The molecule has 1 heterocycles. The van der Waals surface area contributed by atoms with Crippen molar-refractivity contribution in [1.29, 1.82) is 0 Å². The standard InChI is InChI=1S/C13H17BrN2O2/c1-13(2)8-16(6-7-18-13)12(17)9-4-3-5-10(15)11(9)14/h3-5H,6-8,15H2,1-2H3. The number of nitrogen functional groups attached to an aromatic ring is 1. The second-order valence-corrected chi connectivity index (χ2v) is 5.84. The summed E-state index contributed by atoms with van der Waals surface area (Å²) in [6.07, 6.45) is 0. The lowest BCUT2D eigenvalue weighted by molar-refractivity contribution is -0.0764. The van der Waals surface area contributed by atoms with Crippen molar-refractivity contribution in [1.82, 2.24) is 4.90 Å². The van der Waals surface area contributed by atoms with Gasteiger partial charge in [0, 0.05) is 18.8 Å². The van der Waals surface area contributed by atoms with Crippen LogP contribution in [-0.2, 0) is 4.74 Å². The summed E-state index contributed by atoms with van der Waals surface area (Å²) in [5.74, 6) is -0.00875. The minimum atomic E-state index is -0.291. The molecule has 0 unspecified atom stereocenters. The van der Waals surface area contributed by atoms with Crippen LogP contribution >= 0.6 is 15.9 Å². The second kappa shape index (κ2) is 4.90. The molecule has 0 aromatic heterocycles. The Hall–Kier alpha value is -1.07. The summed E-state index contributed by atoms with van der Waals surface area (Å²) in [7, 11) is 0. The Morgan fingerprint density at radius 1 is 1.50 bits per heavy atom. The average Bonchev–Trinajstić information content (AvgIpc) is 2.30. The number of morpholine rings is 1. The number of benzene rings is 1. The molecule has 4 nitrogen and oxygen atoms in total. The average molecular weight is 313 g/mol. The van der Waals surface area contributed by atoms with Gasteiger partial charge in [-0.2, -0.15) is 0 Å². The van der Waals surface area contributed by atoms with Gasteiger partial charge in [-0.1, -0.05) is 6.07 Å². The molecule has 2 N–H and O–H groups in total. The Morgan fingerprint density at radius 2 is 2.22 bits per heavy atom. The Balaban J connectivity index is 2.23. The van der Waals surface area contributed by atoms with Crippen LogP contribution in [0.1, 0.15) is 24.2 Å². The fourth-order valence-electron chi connectivity index (χ4n) is 2.08. The number of nitrogens with two attached hydrogens (primary N) is 1. The third kappa shape index (κ3) is 2.67. The molecule has 1 aromatic carbocycles. The third-order valence-electron chi connectivity index (χ3n) is 2.97. The number of amides is 1. The molecule has 1 saturated heterocycles. The van der Waals surface area contributed by atoms with E-state index in [-0.39, 0.29) is 11.5 Å². The Bertz CT molecular complexity index is 474. The Labute approximate surface area is 115 Å². The first-order valence-electron chi connectivity index (χ1n) is 5.88. The molecular weight excluding hydrogens is 296 g/mol. The molecule has 1 amide bonds. The first kappa shape index (κ1) is 13.4. The van der Waals surface area contributed by atoms with Crippen LogP contribution in [0, 0.1) is 0 Å². The maximum Gasteiger partial charge on any atom is 0.255 e. The van der Waals surface area contributed by atoms with E-state index >= 15 is 0 Å². The fraction of sp³-hybridized carbons (Fsp3) is 0.462. The van der Waals surface area contributed by atoms with Gasteiger partial charge < -0.3 is 15.4 Å². The van der Waals surface area contributed by atoms with Crippen molar-refractivity contribution in [3.63, 3.8) is 0 Å². The van der Waals surface area contributed by atoms with Crippen molar-refractivity contribution >= 4 is 27.5 Å². The van der Waals surface area contributed by atoms with Gasteiger partial charge in [0.2, 0.25) is 0 Å². The zero-order chi connectivity index (χ0) is 13.3. The van der Waals surface area contributed by atoms with E-state index in [4.69, 9.17) is 10.5 Å². The normalized spacial score (nSPS) is 18.7. The van der Waals surface area contributed by atoms with Gasteiger partial charge in [0.15, 0.2) is 0 Å². The molecule has 0 aliphatic carbocycles. The molecule has 1 fully saturated rings. The summed E-state index contributed by atoms with van der Waals surface area (Å²) in [5, 5.41) is 0. The molecule has 0 atom stereocenters. The number of carbonyl (C=O) groups is 1. The highest BCUT2D eigenvalue weighted by atomic mass is 79.9. The molecule has 1 aliphatic heterocycles. The topological polar surface area (TPSA) is 55.6 Å². The van der Waals surface area contributed by atoms with E-state index in [1.807, 2.05) is 18.7 Å². The highest BCUT2D eigenvalue weighted by molar-refractivity contribution is 9.10. The molecule has 0 radical (unpaired) electrons. The molecule has 0 bridgehead atoms. The molecule has 1 aliphatic rings. The van der Waals surface area contributed by atoms with E-state index in [0.717, 1.165) is 0 Å². The highest BCUT2D eigenvalue weighted by Crippen LogP contribution is 2.26. The zero-order valence-corrected chi connectivity index (χ0v) is 12.2. The largest absolute Gasteiger partial charge is 0.398 e. The number of halogens is 1. The molecule has 5 heteroatoms. The van der Waals surface area contributed by atoms with Crippen molar-refractivity contribution in [2.75, 3.05) is 25.4 Å². The van der Waals surface area contributed by atoms with E-state index in [1.165, 1.54) is 0 Å². The van der Waals surface area contributed by atoms with E-state index in [2.05, 4.69) is 15.9 Å². The number of anilines is 1. The van der Waals surface area contributed by atoms with E-state index < -0.39 is 0 Å². The van der Waals surface area contributed by atoms with Crippen LogP contribution in [-0.4, -0.2) is 36.1 Å². The van der Waals surface area contributed by atoms with E-state index in [9.17, 15) is 4.79 Å². The summed E-state index contributed by atoms with van der Waals surface area (Å²) in [6.45, 7) is 5.75. The number of carbonyl (C=O) groups excluding carboxylic acids is 1. The van der Waals surface area contributed by atoms with Crippen molar-refractivity contribution in [2.45, 2.75) is 19.4 Å². The van der Waals surface area contributed by atoms with Crippen LogP contribution in [0.3, 0.4) is 0 Å². The Kier molecular flexibility index (Phi) is 3.64. The minimum absolute atomic E-state index is 0.00875. The van der Waals surface area contributed by atoms with Gasteiger partial charge in [-0.25, -0.2) is 0 Å². The third-order valence-corrected chi connectivity index (χ3v) is 3.86. The summed E-state index contributed by atoms with van der Waals surface area (Å²) in [5.41, 5.74) is 6.69. The molecule has 98 valence electrons. The van der Waals surface area contributed by atoms with Crippen LogP contribution < -0.4 is 5.73 Å². The lowest BCUT2D eigenvalue weighted by Gasteiger charge is -2.38. The summed E-state index contributed by atoms with van der Waals surface area (Å²) in [6, 6.07) is 5.34. The van der Waals surface area contributed by atoms with Crippen LogP contribution in [0.5, 0.6) is 0 Å². The van der Waals surface area contributed by atoms with Crippen LogP contribution in [0.2, 0.25) is 0 Å². The van der Waals surface area contributed by atoms with Gasteiger partial charge in [0.1, 0.15) is 0 Å². The SMILES string of the molecule is CC1(C)CN(C(=O)c2cccc(N)c2Br)CCO1. The van der Waals surface area contributed by atoms with Crippen LogP contribution in [0.15, 0.2) is 22.7 Å². The van der Waals surface area contributed by atoms with Gasteiger partial charge >= 0.3 is 0 Å². The van der Waals surface area contributed by atoms with Crippen LogP contribution in [0.25, 0.3) is 0 Å². The minimum Gasteiger partial charge on any atom is -0.398 e. The van der Waals surface area contributed by atoms with Gasteiger partial charge in [-0.15, -0.1) is 0 Å². The number of hydrogen-bond acceptors (Lipinski definition) is 3. The summed E-state index contributed by atoms with van der Waals surface area (Å²) in [4.78, 5) is 14.3. The lowest BCUT2D eigenvalue weighted by Crippen LogP contribution is -2.50. The lowest BCUT2D eigenvalue weighted by atomic mass is 10.1. The number of nitrogens with zero attached hydrogens (tertiary/aromatic N) is 1. The van der Waals surface area contributed by atoms with Gasteiger partial charge in [-0.3, -0.25) is 4.79 Å². The first-order chi connectivity index (χ1) is 8.41. The predicted octanol–water partition coefficient (Wildman–Crippen LogP) is 2.28. The van der Waals surface area contributed by atoms with E-state index in [1.54, 1.807) is 18.2 Å². The van der Waals surface area contributed by atoms with Gasteiger partial charge in [0.25, 0.3) is 5.91 Å². The maximum atomic E-state index is 12.4. The maximum absolute atomic E-state index is 12.4. The number of ether oxygens (including phenoxy) is 1. The molecule has 0 saturated carbocycles. The van der Waals surface area contributed by atoms with E-state index in [0.29, 0.717) is 35.4 Å². The second-order valence-electron chi connectivity index (χ2n) is 5.04. The van der Waals surface area contributed by atoms with Crippen molar-refractivity contribution in [3.8, 4) is 0 Å². The van der Waals surface area contributed by atoms with Gasteiger partial charge in [0.05, 0.1) is 22.2 Å². The van der Waals surface area contributed by atoms with Crippen molar-refractivity contribution < 1.29 is 9.53 Å². The molecular formula is C13H17BrN2O2. The zero-order valence-electron chi connectivity index (χ0n) is 10.6. The van der Waals surface area contributed by atoms with Crippen molar-refractivity contribution in [3.05, 3.63) is 28.2 Å². The smallest absolute Gasteiger partial charge is 0.255 e. The number of hydrogen-bond donors (Lipinski definition) is 1. The molecule has 0 spiro atoms. The van der Waals surface area contributed by atoms with Crippen molar-refractivity contribution in [2.24, 2.45) is 0 Å². The molecule has 1 aromatic rings. The fourth-order valence-corrected chi connectivity index (χ4v) is 2.51.